The largest absolute Gasteiger partial charge is 0.491 e. The summed E-state index contributed by atoms with van der Waals surface area (Å²) in [4.78, 5) is 13.0. The molecule has 0 aliphatic heterocycles. The van der Waals surface area contributed by atoms with Crippen LogP contribution in [0.3, 0.4) is 0 Å². The van der Waals surface area contributed by atoms with Gasteiger partial charge < -0.3 is 10.1 Å². The topological polar surface area (TPSA) is 81.9 Å². The number of benzene rings is 3. The van der Waals surface area contributed by atoms with Crippen molar-refractivity contribution in [1.29, 1.82) is 0 Å². The molecule has 1 N–H and O–H groups in total. The Hall–Kier alpha value is -4.07. The molecule has 1 atom stereocenters. The number of ether oxygens (including phenoxy) is 1. The number of hydrogen-bond acceptors (Lipinski definition) is 5. The Balaban J connectivity index is 1.40. The van der Waals surface area contributed by atoms with Crippen molar-refractivity contribution in [2.75, 3.05) is 13.2 Å². The third-order valence-electron chi connectivity index (χ3n) is 5.20. The number of carbonyl (C=O) groups is 1. The highest BCUT2D eigenvalue weighted by atomic mass is 19.1. The van der Waals surface area contributed by atoms with Crippen LogP contribution >= 0.6 is 0 Å². The van der Waals surface area contributed by atoms with Gasteiger partial charge in [-0.1, -0.05) is 60.7 Å². The predicted octanol–water partition coefficient (Wildman–Crippen LogP) is 3.77. The molecule has 3 aromatic carbocycles. The molecular weight excluding hydrogens is 421 g/mol. The van der Waals surface area contributed by atoms with Crippen LogP contribution < -0.4 is 10.1 Å². The molecule has 1 aromatic heterocycles. The summed E-state index contributed by atoms with van der Waals surface area (Å²) in [5, 5.41) is 14.4. The molecule has 1 unspecified atom stereocenters. The van der Waals surface area contributed by atoms with Crippen LogP contribution in [0.5, 0.6) is 5.75 Å². The maximum atomic E-state index is 13.6. The van der Waals surface area contributed by atoms with E-state index in [9.17, 15) is 9.18 Å². The van der Waals surface area contributed by atoms with Crippen molar-refractivity contribution in [2.24, 2.45) is 0 Å². The van der Waals surface area contributed by atoms with Gasteiger partial charge in [-0.05, 0) is 46.7 Å². The van der Waals surface area contributed by atoms with Crippen molar-refractivity contribution >= 4 is 5.91 Å². The lowest BCUT2D eigenvalue weighted by Gasteiger charge is -2.18. The lowest BCUT2D eigenvalue weighted by atomic mass is 10.0. The summed E-state index contributed by atoms with van der Waals surface area (Å²) < 4.78 is 21.1. The first-order valence-electron chi connectivity index (χ1n) is 10.7. The molecular formula is C25H24FN5O2. The summed E-state index contributed by atoms with van der Waals surface area (Å²) in [6.07, 6.45) is 0.257. The van der Waals surface area contributed by atoms with Crippen LogP contribution in [-0.2, 0) is 11.2 Å². The zero-order chi connectivity index (χ0) is 23.0. The molecule has 0 spiro atoms. The molecule has 4 aromatic rings. The average molecular weight is 445 g/mol. The second kappa shape index (κ2) is 10.5. The summed E-state index contributed by atoms with van der Waals surface area (Å²) in [6, 6.07) is 23.2. The second-order valence-corrected chi connectivity index (χ2v) is 7.52. The van der Waals surface area contributed by atoms with Crippen LogP contribution in [0.1, 0.15) is 17.4 Å². The maximum absolute atomic E-state index is 13.6. The van der Waals surface area contributed by atoms with E-state index >= 15 is 0 Å². The van der Waals surface area contributed by atoms with Gasteiger partial charge in [-0.3, -0.25) is 4.79 Å². The van der Waals surface area contributed by atoms with Crippen molar-refractivity contribution < 1.29 is 13.9 Å². The zero-order valence-corrected chi connectivity index (χ0v) is 18.2. The van der Waals surface area contributed by atoms with Crippen LogP contribution in [0.2, 0.25) is 0 Å². The fourth-order valence-corrected chi connectivity index (χ4v) is 3.61. The van der Waals surface area contributed by atoms with Crippen LogP contribution in [0, 0.1) is 12.7 Å². The first-order valence-corrected chi connectivity index (χ1v) is 10.7. The van der Waals surface area contributed by atoms with Gasteiger partial charge in [0.1, 0.15) is 30.0 Å². The molecule has 1 heterocycles. The summed E-state index contributed by atoms with van der Waals surface area (Å²) in [5.74, 6) is 0.616. The van der Waals surface area contributed by atoms with E-state index < -0.39 is 6.04 Å². The minimum absolute atomic E-state index is 0.257. The summed E-state index contributed by atoms with van der Waals surface area (Å²) in [7, 11) is 0. The van der Waals surface area contributed by atoms with E-state index in [2.05, 4.69) is 20.8 Å². The van der Waals surface area contributed by atoms with Gasteiger partial charge in [0.25, 0.3) is 0 Å². The first-order chi connectivity index (χ1) is 16.1. The van der Waals surface area contributed by atoms with Crippen LogP contribution in [0.15, 0.2) is 78.9 Å². The van der Waals surface area contributed by atoms with E-state index in [0.29, 0.717) is 17.9 Å². The number of aryl methyl sites for hydroxylation is 1. The molecule has 4 rings (SSSR count). The van der Waals surface area contributed by atoms with Gasteiger partial charge in [0.2, 0.25) is 5.91 Å². The number of carbonyl (C=O) groups excluding carboxylic acids is 1. The van der Waals surface area contributed by atoms with E-state index in [0.717, 1.165) is 16.9 Å². The molecule has 8 heteroatoms. The van der Waals surface area contributed by atoms with Gasteiger partial charge in [0.15, 0.2) is 0 Å². The number of para-hydroxylation sites is 1. The molecule has 0 aliphatic carbocycles. The molecule has 7 nitrogen and oxygen atoms in total. The third kappa shape index (κ3) is 5.60. The Labute approximate surface area is 191 Å². The number of tetrazole rings is 1. The molecule has 0 radical (unpaired) electrons. The number of amides is 1. The van der Waals surface area contributed by atoms with Crippen molar-refractivity contribution in [3.63, 3.8) is 0 Å². The highest BCUT2D eigenvalue weighted by Crippen LogP contribution is 2.29. The van der Waals surface area contributed by atoms with Crippen LogP contribution in [-0.4, -0.2) is 39.3 Å². The molecule has 168 valence electrons. The Morgan fingerprint density at radius 1 is 1.06 bits per heavy atom. The van der Waals surface area contributed by atoms with E-state index in [-0.39, 0.29) is 24.8 Å². The Morgan fingerprint density at radius 3 is 2.61 bits per heavy atom. The lowest BCUT2D eigenvalue weighted by Crippen LogP contribution is -2.37. The molecule has 0 bridgehead atoms. The smallest absolute Gasteiger partial charge is 0.245 e. The average Bonchev–Trinajstić information content (AvgIpc) is 3.26. The second-order valence-electron chi connectivity index (χ2n) is 7.52. The highest BCUT2D eigenvalue weighted by Gasteiger charge is 2.24. The predicted molar refractivity (Wildman–Crippen MR) is 122 cm³/mol. The van der Waals surface area contributed by atoms with Crippen molar-refractivity contribution in [3.8, 4) is 16.9 Å². The molecule has 0 saturated heterocycles. The minimum atomic E-state index is -0.710. The monoisotopic (exact) mass is 445 g/mol. The van der Waals surface area contributed by atoms with Gasteiger partial charge >= 0.3 is 0 Å². The van der Waals surface area contributed by atoms with Crippen molar-refractivity contribution in [3.05, 3.63) is 96.1 Å². The van der Waals surface area contributed by atoms with E-state index in [1.54, 1.807) is 19.1 Å². The number of rotatable bonds is 9. The van der Waals surface area contributed by atoms with Crippen molar-refractivity contribution in [1.82, 2.24) is 25.5 Å². The Kier molecular flexibility index (Phi) is 7.04. The summed E-state index contributed by atoms with van der Waals surface area (Å²) in [5.41, 5.74) is 2.72. The normalized spacial score (nSPS) is 11.7. The van der Waals surface area contributed by atoms with E-state index in [1.807, 2.05) is 54.6 Å². The standard InChI is InChI=1S/C25H24FN5O2/c1-18-28-29-30-31(18)23(17-19-8-7-11-21(26)16-19)25(32)27-14-15-33-24-13-6-5-12-22(24)20-9-3-2-4-10-20/h2-13,16,23H,14-15,17H2,1H3,(H,27,32). The molecule has 1 amide bonds. The van der Waals surface area contributed by atoms with Gasteiger partial charge in [-0.25, -0.2) is 9.07 Å². The van der Waals surface area contributed by atoms with Gasteiger partial charge in [0, 0.05) is 12.0 Å². The van der Waals surface area contributed by atoms with Crippen LogP contribution in [0.4, 0.5) is 4.39 Å². The number of halogens is 1. The summed E-state index contributed by atoms with van der Waals surface area (Å²) in [6.45, 7) is 2.30. The molecule has 0 saturated carbocycles. The maximum Gasteiger partial charge on any atom is 0.245 e. The molecule has 0 aliphatic rings. The zero-order valence-electron chi connectivity index (χ0n) is 18.2. The fourth-order valence-electron chi connectivity index (χ4n) is 3.61. The third-order valence-corrected chi connectivity index (χ3v) is 5.20. The molecule has 33 heavy (non-hydrogen) atoms. The van der Waals surface area contributed by atoms with E-state index in [1.165, 1.54) is 16.8 Å². The number of aromatic nitrogens is 4. The van der Waals surface area contributed by atoms with Crippen LogP contribution in [0.25, 0.3) is 11.1 Å². The van der Waals surface area contributed by atoms with E-state index in [4.69, 9.17) is 4.74 Å². The number of nitrogens with one attached hydrogen (secondary N) is 1. The van der Waals surface area contributed by atoms with Gasteiger partial charge in [0.05, 0.1) is 6.54 Å². The van der Waals surface area contributed by atoms with Crippen molar-refractivity contribution in [2.45, 2.75) is 19.4 Å². The number of hydrogen-bond donors (Lipinski definition) is 1. The van der Waals surface area contributed by atoms with Gasteiger partial charge in [-0.15, -0.1) is 5.10 Å². The van der Waals surface area contributed by atoms with Gasteiger partial charge in [-0.2, -0.15) is 0 Å². The highest BCUT2D eigenvalue weighted by molar-refractivity contribution is 5.80. The minimum Gasteiger partial charge on any atom is -0.491 e. The number of nitrogens with zero attached hydrogens (tertiary/aromatic N) is 4. The Morgan fingerprint density at radius 2 is 1.85 bits per heavy atom. The first kappa shape index (κ1) is 22.1. The quantitative estimate of drug-likeness (QED) is 0.397. The summed E-state index contributed by atoms with van der Waals surface area (Å²) >= 11 is 0. The molecule has 0 fully saturated rings. The fraction of sp³-hybridized carbons (Fsp3) is 0.200. The lowest BCUT2D eigenvalue weighted by molar-refractivity contribution is -0.124. The Bertz CT molecular complexity index is 1210. The SMILES string of the molecule is Cc1nnnn1C(Cc1cccc(F)c1)C(=O)NCCOc1ccccc1-c1ccccc1.